The minimum absolute atomic E-state index is 0.0770. The molecule has 1 aliphatic heterocycles. The maximum Gasteiger partial charge on any atom is 0.123 e. The van der Waals surface area contributed by atoms with E-state index in [2.05, 4.69) is 64.6 Å². The standard InChI is InChI=1S/C21H35NO3/c1-16-7-8-19(21(4,5)6)20(13-16)24-12-11-23-10-9-22-14-17(2)25-18(3)15-22/h7-8,13,17-18H,9-12,14-15H2,1-6H3/t17-,18+. The quantitative estimate of drug-likeness (QED) is 0.701. The number of hydrogen-bond donors (Lipinski definition) is 0. The average Bonchev–Trinajstić information content (AvgIpc) is 2.48. The van der Waals surface area contributed by atoms with E-state index in [1.165, 1.54) is 11.1 Å². The Morgan fingerprint density at radius 1 is 1.08 bits per heavy atom. The second-order valence-electron chi connectivity index (χ2n) is 8.23. The van der Waals surface area contributed by atoms with Crippen molar-refractivity contribution in [3.63, 3.8) is 0 Å². The lowest BCUT2D eigenvalue weighted by atomic mass is 9.86. The molecule has 4 heteroatoms. The molecule has 1 heterocycles. The van der Waals surface area contributed by atoms with Gasteiger partial charge in [-0.15, -0.1) is 0 Å². The zero-order chi connectivity index (χ0) is 18.4. The van der Waals surface area contributed by atoms with Crippen molar-refractivity contribution in [3.8, 4) is 5.75 Å². The van der Waals surface area contributed by atoms with Gasteiger partial charge in [0.15, 0.2) is 0 Å². The first kappa shape index (κ1) is 20.2. The Balaban J connectivity index is 1.70. The van der Waals surface area contributed by atoms with E-state index in [1.54, 1.807) is 0 Å². The highest BCUT2D eigenvalue weighted by Crippen LogP contribution is 2.32. The molecule has 1 aromatic carbocycles. The lowest BCUT2D eigenvalue weighted by Gasteiger charge is -2.35. The van der Waals surface area contributed by atoms with E-state index < -0.39 is 0 Å². The topological polar surface area (TPSA) is 30.9 Å². The number of nitrogens with zero attached hydrogens (tertiary/aromatic N) is 1. The average molecular weight is 350 g/mol. The van der Waals surface area contributed by atoms with Crippen LogP contribution in [0.3, 0.4) is 0 Å². The maximum absolute atomic E-state index is 6.01. The van der Waals surface area contributed by atoms with E-state index >= 15 is 0 Å². The van der Waals surface area contributed by atoms with Gasteiger partial charge in [-0.25, -0.2) is 0 Å². The molecule has 2 atom stereocenters. The van der Waals surface area contributed by atoms with Gasteiger partial charge >= 0.3 is 0 Å². The van der Waals surface area contributed by atoms with Crippen molar-refractivity contribution < 1.29 is 14.2 Å². The van der Waals surface area contributed by atoms with Crippen LogP contribution in [0.15, 0.2) is 18.2 Å². The van der Waals surface area contributed by atoms with Crippen molar-refractivity contribution in [2.24, 2.45) is 0 Å². The molecule has 0 bridgehead atoms. The zero-order valence-corrected chi connectivity index (χ0v) is 16.8. The molecule has 2 rings (SSSR count). The van der Waals surface area contributed by atoms with E-state index in [9.17, 15) is 0 Å². The van der Waals surface area contributed by atoms with E-state index in [1.807, 2.05) is 0 Å². The first-order chi connectivity index (χ1) is 11.8. The molecule has 1 fully saturated rings. The summed E-state index contributed by atoms with van der Waals surface area (Å²) < 4.78 is 17.5. The van der Waals surface area contributed by atoms with Gasteiger partial charge in [0.2, 0.25) is 0 Å². The molecule has 1 aliphatic rings. The van der Waals surface area contributed by atoms with Crippen LogP contribution >= 0.6 is 0 Å². The highest BCUT2D eigenvalue weighted by atomic mass is 16.5. The summed E-state index contributed by atoms with van der Waals surface area (Å²) >= 11 is 0. The van der Waals surface area contributed by atoms with Crippen molar-refractivity contribution in [1.29, 1.82) is 0 Å². The monoisotopic (exact) mass is 349 g/mol. The fourth-order valence-corrected chi connectivity index (χ4v) is 3.34. The van der Waals surface area contributed by atoms with Gasteiger partial charge in [0.05, 0.1) is 25.4 Å². The lowest BCUT2D eigenvalue weighted by Crippen LogP contribution is -2.46. The van der Waals surface area contributed by atoms with E-state index in [4.69, 9.17) is 14.2 Å². The Morgan fingerprint density at radius 2 is 1.76 bits per heavy atom. The molecule has 0 spiro atoms. The van der Waals surface area contributed by atoms with Crippen LogP contribution in [0.5, 0.6) is 5.75 Å². The van der Waals surface area contributed by atoms with Crippen molar-refractivity contribution in [3.05, 3.63) is 29.3 Å². The molecule has 0 saturated carbocycles. The predicted octanol–water partition coefficient (Wildman–Crippen LogP) is 3.80. The summed E-state index contributed by atoms with van der Waals surface area (Å²) in [5, 5.41) is 0. The normalized spacial score (nSPS) is 22.2. The molecule has 0 aliphatic carbocycles. The van der Waals surface area contributed by atoms with Crippen molar-refractivity contribution >= 4 is 0 Å². The van der Waals surface area contributed by atoms with E-state index in [0.717, 1.165) is 32.0 Å². The molecule has 0 amide bonds. The summed E-state index contributed by atoms with van der Waals surface area (Å²) in [4.78, 5) is 2.41. The summed E-state index contributed by atoms with van der Waals surface area (Å²) in [6.07, 6.45) is 0.619. The maximum atomic E-state index is 6.01. The smallest absolute Gasteiger partial charge is 0.123 e. The number of hydrogen-bond acceptors (Lipinski definition) is 4. The van der Waals surface area contributed by atoms with Gasteiger partial charge in [0, 0.05) is 19.6 Å². The minimum Gasteiger partial charge on any atom is -0.491 e. The molecular weight excluding hydrogens is 314 g/mol. The Bertz CT molecular complexity index is 528. The Morgan fingerprint density at radius 3 is 2.40 bits per heavy atom. The predicted molar refractivity (Wildman–Crippen MR) is 103 cm³/mol. The van der Waals surface area contributed by atoms with Crippen LogP contribution in [0, 0.1) is 6.92 Å². The van der Waals surface area contributed by atoms with Crippen molar-refractivity contribution in [1.82, 2.24) is 4.90 Å². The summed E-state index contributed by atoms with van der Waals surface area (Å²) in [5.41, 5.74) is 2.54. The van der Waals surface area contributed by atoms with Crippen LogP contribution < -0.4 is 4.74 Å². The second kappa shape index (κ2) is 9.02. The summed E-state index contributed by atoms with van der Waals surface area (Å²) in [5.74, 6) is 0.979. The van der Waals surface area contributed by atoms with E-state index in [-0.39, 0.29) is 5.41 Å². The van der Waals surface area contributed by atoms with Gasteiger partial charge in [-0.1, -0.05) is 32.9 Å². The van der Waals surface area contributed by atoms with Crippen LogP contribution in [0.4, 0.5) is 0 Å². The van der Waals surface area contributed by atoms with Gasteiger partial charge in [-0.05, 0) is 43.4 Å². The van der Waals surface area contributed by atoms with Gasteiger partial charge in [-0.2, -0.15) is 0 Å². The number of aryl methyl sites for hydroxylation is 1. The number of benzene rings is 1. The van der Waals surface area contributed by atoms with Gasteiger partial charge in [0.1, 0.15) is 12.4 Å². The fourth-order valence-electron chi connectivity index (χ4n) is 3.34. The number of ether oxygens (including phenoxy) is 3. The molecule has 1 saturated heterocycles. The first-order valence-corrected chi connectivity index (χ1v) is 9.45. The highest BCUT2D eigenvalue weighted by molar-refractivity contribution is 5.41. The van der Waals surface area contributed by atoms with Crippen LogP contribution in [0.1, 0.15) is 45.7 Å². The third-order valence-corrected chi connectivity index (χ3v) is 4.48. The van der Waals surface area contributed by atoms with Crippen LogP contribution in [0.25, 0.3) is 0 Å². The first-order valence-electron chi connectivity index (χ1n) is 9.45. The second-order valence-corrected chi connectivity index (χ2v) is 8.23. The van der Waals surface area contributed by atoms with Crippen LogP contribution in [0.2, 0.25) is 0 Å². The lowest BCUT2D eigenvalue weighted by molar-refractivity contribution is -0.0734. The minimum atomic E-state index is 0.0770. The largest absolute Gasteiger partial charge is 0.491 e. The van der Waals surface area contributed by atoms with Gasteiger partial charge < -0.3 is 14.2 Å². The molecule has 0 unspecified atom stereocenters. The molecule has 142 valence electrons. The summed E-state index contributed by atoms with van der Waals surface area (Å²) in [6.45, 7) is 17.9. The summed E-state index contributed by atoms with van der Waals surface area (Å²) in [7, 11) is 0. The molecule has 4 nitrogen and oxygen atoms in total. The molecule has 0 aromatic heterocycles. The highest BCUT2D eigenvalue weighted by Gasteiger charge is 2.21. The van der Waals surface area contributed by atoms with Gasteiger partial charge in [-0.3, -0.25) is 4.90 Å². The molecule has 1 aromatic rings. The number of rotatable bonds is 7. The van der Waals surface area contributed by atoms with E-state index in [0.29, 0.717) is 25.4 Å². The third-order valence-electron chi connectivity index (χ3n) is 4.48. The number of morpholine rings is 1. The molecular formula is C21H35NO3. The zero-order valence-electron chi connectivity index (χ0n) is 16.8. The molecule has 0 N–H and O–H groups in total. The molecule has 25 heavy (non-hydrogen) atoms. The molecule has 0 radical (unpaired) electrons. The van der Waals surface area contributed by atoms with Crippen LogP contribution in [-0.4, -0.2) is 56.6 Å². The summed E-state index contributed by atoms with van der Waals surface area (Å²) in [6, 6.07) is 6.44. The van der Waals surface area contributed by atoms with Crippen LogP contribution in [-0.2, 0) is 14.9 Å². The Labute approximate surface area is 153 Å². The van der Waals surface area contributed by atoms with Crippen molar-refractivity contribution in [2.45, 2.75) is 59.2 Å². The Hall–Kier alpha value is -1.10. The van der Waals surface area contributed by atoms with Gasteiger partial charge in [0.25, 0.3) is 0 Å². The van der Waals surface area contributed by atoms with Crippen molar-refractivity contribution in [2.75, 3.05) is 39.5 Å². The Kier molecular flexibility index (Phi) is 7.29. The fraction of sp³-hybridized carbons (Fsp3) is 0.714. The third kappa shape index (κ3) is 6.61. The SMILES string of the molecule is Cc1ccc(C(C)(C)C)c(OCCOCCN2C[C@@H](C)O[C@@H](C)C2)c1.